The van der Waals surface area contributed by atoms with Gasteiger partial charge in [0.2, 0.25) is 11.6 Å². The molecule has 3 aromatic rings. The van der Waals surface area contributed by atoms with Crippen molar-refractivity contribution in [3.63, 3.8) is 0 Å². The van der Waals surface area contributed by atoms with E-state index in [0.717, 1.165) is 33.7 Å². The molecule has 0 fully saturated rings. The summed E-state index contributed by atoms with van der Waals surface area (Å²) in [7, 11) is 0. The van der Waals surface area contributed by atoms with Crippen molar-refractivity contribution in [2.24, 2.45) is 0 Å². The monoisotopic (exact) mass is 326 g/mol. The first-order valence-electron chi connectivity index (χ1n) is 7.74. The standard InChI is InChI=1S/C19H12N5O/c20-19-23-15-9-13(1-3-17(15)25-19)14-2-4-18-22-10-16(24(18)11-14)12-5-7-21-8-6-12/h1-9,11H,(H2,20,23)/q+1. The van der Waals surface area contributed by atoms with E-state index >= 15 is 0 Å². The van der Waals surface area contributed by atoms with Gasteiger partial charge < -0.3 is 10.2 Å². The van der Waals surface area contributed by atoms with Gasteiger partial charge in [0, 0.05) is 29.6 Å². The molecular formula is C19H12N5O+. The van der Waals surface area contributed by atoms with Gasteiger partial charge in [-0.15, -0.1) is 4.67 Å². The molecule has 0 amide bonds. The highest BCUT2D eigenvalue weighted by Gasteiger charge is 2.32. The number of nitrogens with two attached hydrogens (primary N) is 1. The number of pyridine rings is 1. The Bertz CT molecular complexity index is 1170. The number of allylic oxidation sites excluding steroid dienone is 2. The lowest BCUT2D eigenvalue weighted by Gasteiger charge is -2.13. The van der Waals surface area contributed by atoms with Crippen LogP contribution in [0.25, 0.3) is 22.4 Å². The molecule has 6 nitrogen and oxygen atoms in total. The van der Waals surface area contributed by atoms with Crippen LogP contribution in [0.5, 0.6) is 0 Å². The van der Waals surface area contributed by atoms with Crippen molar-refractivity contribution in [3.8, 4) is 0 Å². The van der Waals surface area contributed by atoms with Crippen molar-refractivity contribution in [1.29, 1.82) is 0 Å². The fraction of sp³-hybridized carbons (Fsp3) is 0. The van der Waals surface area contributed by atoms with E-state index in [1.54, 1.807) is 12.4 Å². The third-order valence-electron chi connectivity index (χ3n) is 4.14. The normalized spacial score (nSPS) is 15.2. The number of nitrogens with zero attached hydrogens (tertiary/aromatic N) is 4. The summed E-state index contributed by atoms with van der Waals surface area (Å²) in [5.74, 6) is 3.92. The van der Waals surface area contributed by atoms with Crippen LogP contribution in [0.2, 0.25) is 0 Å². The topological polar surface area (TPSA) is 82.3 Å². The summed E-state index contributed by atoms with van der Waals surface area (Å²) in [5.41, 5.74) is 11.0. The first kappa shape index (κ1) is 13.6. The molecule has 0 saturated heterocycles. The second-order valence-electron chi connectivity index (χ2n) is 5.69. The lowest BCUT2D eigenvalue weighted by atomic mass is 10.0. The quantitative estimate of drug-likeness (QED) is 0.730. The Hall–Kier alpha value is -3.85. The Kier molecular flexibility index (Phi) is 2.76. The SMILES string of the molecule is Nc1nc2cc(C3=CN4C(c5ccncc5)=C=[N+]=C4C=C3)ccc2o1. The van der Waals surface area contributed by atoms with Gasteiger partial charge in [-0.05, 0) is 35.9 Å². The summed E-state index contributed by atoms with van der Waals surface area (Å²) >= 11 is 0. The fourth-order valence-corrected chi connectivity index (χ4v) is 2.94. The smallest absolute Gasteiger partial charge is 0.391 e. The van der Waals surface area contributed by atoms with E-state index in [2.05, 4.69) is 20.5 Å². The minimum absolute atomic E-state index is 0.173. The number of rotatable bonds is 2. The van der Waals surface area contributed by atoms with E-state index in [0.29, 0.717) is 5.58 Å². The van der Waals surface area contributed by atoms with Crippen LogP contribution < -0.4 is 10.4 Å². The Labute approximate surface area is 142 Å². The van der Waals surface area contributed by atoms with Gasteiger partial charge in [0.05, 0.1) is 0 Å². The maximum absolute atomic E-state index is 5.62. The molecule has 0 unspecified atom stereocenters. The predicted molar refractivity (Wildman–Crippen MR) is 97.2 cm³/mol. The van der Waals surface area contributed by atoms with Crippen LogP contribution in [0.1, 0.15) is 11.1 Å². The molecular weight excluding hydrogens is 314 g/mol. The summed E-state index contributed by atoms with van der Waals surface area (Å²) < 4.78 is 9.69. The molecule has 1 aromatic carbocycles. The molecule has 2 aromatic heterocycles. The summed E-state index contributed by atoms with van der Waals surface area (Å²) in [6, 6.07) is 9.88. The van der Waals surface area contributed by atoms with Gasteiger partial charge in [-0.1, -0.05) is 6.07 Å². The van der Waals surface area contributed by atoms with E-state index in [-0.39, 0.29) is 6.01 Å². The highest BCUT2D eigenvalue weighted by molar-refractivity contribution is 6.12. The van der Waals surface area contributed by atoms with Gasteiger partial charge in [-0.25, -0.2) is 0 Å². The molecule has 0 atom stereocenters. The number of aromatic nitrogens is 2. The second kappa shape index (κ2) is 5.08. The maximum atomic E-state index is 5.62. The first-order valence-corrected chi connectivity index (χ1v) is 7.74. The minimum Gasteiger partial charge on any atom is -0.424 e. The molecule has 0 aliphatic carbocycles. The van der Waals surface area contributed by atoms with Crippen LogP contribution in [0, 0.1) is 0 Å². The van der Waals surface area contributed by atoms with Gasteiger partial charge >= 0.3 is 5.84 Å². The summed E-state index contributed by atoms with van der Waals surface area (Å²) in [6.07, 6.45) is 9.55. The van der Waals surface area contributed by atoms with E-state index in [9.17, 15) is 0 Å². The number of amidine groups is 1. The third kappa shape index (κ3) is 2.18. The number of oxazole rings is 1. The molecule has 4 heterocycles. The molecule has 0 radical (unpaired) electrons. The predicted octanol–water partition coefficient (Wildman–Crippen LogP) is 2.21. The highest BCUT2D eigenvalue weighted by Crippen LogP contribution is 2.29. The molecule has 118 valence electrons. The molecule has 6 heteroatoms. The van der Waals surface area contributed by atoms with Gasteiger partial charge in [0.1, 0.15) is 11.7 Å². The molecule has 5 rings (SSSR count). The number of benzene rings is 1. The zero-order chi connectivity index (χ0) is 16.8. The maximum Gasteiger partial charge on any atom is 0.391 e. The minimum atomic E-state index is 0.173. The Morgan fingerprint density at radius 2 is 1.96 bits per heavy atom. The average Bonchev–Trinajstić information content (AvgIpc) is 3.23. The lowest BCUT2D eigenvalue weighted by Crippen LogP contribution is -2.23. The van der Waals surface area contributed by atoms with Crippen molar-refractivity contribution >= 4 is 40.1 Å². The first-order chi connectivity index (χ1) is 12.3. The highest BCUT2D eigenvalue weighted by atomic mass is 16.4. The van der Waals surface area contributed by atoms with E-state index < -0.39 is 0 Å². The van der Waals surface area contributed by atoms with Crippen LogP contribution >= 0.6 is 0 Å². The number of hydrogen-bond donors (Lipinski definition) is 1. The van der Waals surface area contributed by atoms with Crippen LogP contribution in [-0.4, -0.2) is 26.6 Å². The molecule has 0 saturated carbocycles. The Balaban J connectivity index is 1.57. The van der Waals surface area contributed by atoms with Gasteiger partial charge in [0.15, 0.2) is 5.58 Å². The van der Waals surface area contributed by atoms with E-state index in [1.165, 1.54) is 0 Å². The van der Waals surface area contributed by atoms with Crippen LogP contribution in [0.15, 0.2) is 65.5 Å². The molecule has 0 spiro atoms. The van der Waals surface area contributed by atoms with Crippen molar-refractivity contribution in [2.45, 2.75) is 0 Å². The van der Waals surface area contributed by atoms with Crippen molar-refractivity contribution < 1.29 is 4.42 Å². The van der Waals surface area contributed by atoms with Crippen molar-refractivity contribution in [1.82, 2.24) is 19.5 Å². The average molecular weight is 326 g/mol. The number of hydrogen-bond acceptors (Lipinski definition) is 5. The summed E-state index contributed by atoms with van der Waals surface area (Å²) in [4.78, 5) is 10.3. The van der Waals surface area contributed by atoms with Gasteiger partial charge in [-0.3, -0.25) is 4.98 Å². The van der Waals surface area contributed by atoms with Crippen LogP contribution in [0.3, 0.4) is 0 Å². The third-order valence-corrected chi connectivity index (χ3v) is 4.14. The lowest BCUT2D eigenvalue weighted by molar-refractivity contribution is 0.626. The fourth-order valence-electron chi connectivity index (χ4n) is 2.94. The van der Waals surface area contributed by atoms with Crippen molar-refractivity contribution in [3.05, 3.63) is 72.2 Å². The largest absolute Gasteiger partial charge is 0.424 e. The second-order valence-corrected chi connectivity index (χ2v) is 5.69. The molecule has 2 N–H and O–H groups in total. The zero-order valence-corrected chi connectivity index (χ0v) is 13.0. The zero-order valence-electron chi connectivity index (χ0n) is 13.0. The summed E-state index contributed by atoms with van der Waals surface area (Å²) in [6.45, 7) is 0. The van der Waals surface area contributed by atoms with Crippen LogP contribution in [-0.2, 0) is 0 Å². The molecule has 2 aliphatic rings. The Morgan fingerprint density at radius 1 is 1.08 bits per heavy atom. The van der Waals surface area contributed by atoms with E-state index in [1.807, 2.05) is 53.6 Å². The van der Waals surface area contributed by atoms with Gasteiger partial charge in [0.25, 0.3) is 6.01 Å². The number of fused-ring (bicyclic) bond motifs is 2. The van der Waals surface area contributed by atoms with Gasteiger partial charge in [-0.2, -0.15) is 9.88 Å². The van der Waals surface area contributed by atoms with E-state index in [4.69, 9.17) is 10.2 Å². The van der Waals surface area contributed by atoms with Crippen molar-refractivity contribution in [2.75, 3.05) is 5.73 Å². The summed E-state index contributed by atoms with van der Waals surface area (Å²) in [5, 5.41) is 0. The molecule has 2 aliphatic heterocycles. The Morgan fingerprint density at radius 3 is 2.84 bits per heavy atom. The van der Waals surface area contributed by atoms with Crippen LogP contribution in [0.4, 0.5) is 6.01 Å². The number of nitrogen functional groups attached to an aromatic ring is 1. The molecule has 0 bridgehead atoms. The number of anilines is 1. The molecule has 25 heavy (non-hydrogen) atoms.